The topological polar surface area (TPSA) is 41.1 Å². The predicted molar refractivity (Wildman–Crippen MR) is 79.5 cm³/mol. The van der Waals surface area contributed by atoms with Gasteiger partial charge in [0.15, 0.2) is 0 Å². The molecule has 1 N–H and O–H groups in total. The Kier molecular flexibility index (Phi) is 5.14. The van der Waals surface area contributed by atoms with E-state index in [-0.39, 0.29) is 0 Å². The summed E-state index contributed by atoms with van der Waals surface area (Å²) in [5.74, 6) is 0.982. The summed E-state index contributed by atoms with van der Waals surface area (Å²) < 4.78 is 0. The SMILES string of the molecule is Cc1ncnc(NCCCN(C)C2CCCC2)c1C. The Labute approximate surface area is 116 Å². The van der Waals surface area contributed by atoms with Crippen LogP contribution in [0, 0.1) is 13.8 Å². The number of anilines is 1. The Morgan fingerprint density at radius 1 is 1.26 bits per heavy atom. The lowest BCUT2D eigenvalue weighted by Crippen LogP contribution is -2.31. The second kappa shape index (κ2) is 6.85. The van der Waals surface area contributed by atoms with Gasteiger partial charge in [0, 0.05) is 23.8 Å². The quantitative estimate of drug-likeness (QED) is 0.800. The van der Waals surface area contributed by atoms with Gasteiger partial charge in [-0.3, -0.25) is 0 Å². The molecular formula is C15H26N4. The highest BCUT2D eigenvalue weighted by molar-refractivity contribution is 5.44. The monoisotopic (exact) mass is 262 g/mol. The molecule has 1 aromatic rings. The molecule has 106 valence electrons. The van der Waals surface area contributed by atoms with Crippen molar-refractivity contribution >= 4 is 5.82 Å². The molecular weight excluding hydrogens is 236 g/mol. The van der Waals surface area contributed by atoms with Crippen molar-refractivity contribution < 1.29 is 0 Å². The van der Waals surface area contributed by atoms with Crippen LogP contribution in [0.15, 0.2) is 6.33 Å². The van der Waals surface area contributed by atoms with Gasteiger partial charge >= 0.3 is 0 Å². The number of aromatic nitrogens is 2. The molecule has 1 aliphatic rings. The summed E-state index contributed by atoms with van der Waals surface area (Å²) in [6.07, 6.45) is 8.38. The van der Waals surface area contributed by atoms with Crippen LogP contribution in [0.4, 0.5) is 5.82 Å². The van der Waals surface area contributed by atoms with Crippen molar-refractivity contribution in [2.24, 2.45) is 0 Å². The Balaban J connectivity index is 1.70. The molecule has 0 saturated heterocycles. The highest BCUT2D eigenvalue weighted by atomic mass is 15.1. The van der Waals surface area contributed by atoms with E-state index in [4.69, 9.17) is 0 Å². The zero-order chi connectivity index (χ0) is 13.7. The molecule has 1 saturated carbocycles. The number of rotatable bonds is 6. The molecule has 4 heteroatoms. The van der Waals surface area contributed by atoms with Crippen LogP contribution in [0.5, 0.6) is 0 Å². The van der Waals surface area contributed by atoms with E-state index in [1.807, 2.05) is 6.92 Å². The minimum absolute atomic E-state index is 0.822. The van der Waals surface area contributed by atoms with E-state index < -0.39 is 0 Å². The fourth-order valence-corrected chi connectivity index (χ4v) is 2.78. The maximum Gasteiger partial charge on any atom is 0.132 e. The van der Waals surface area contributed by atoms with Gasteiger partial charge < -0.3 is 10.2 Å². The molecule has 0 bridgehead atoms. The van der Waals surface area contributed by atoms with Crippen LogP contribution in [0.1, 0.15) is 43.4 Å². The van der Waals surface area contributed by atoms with Crippen molar-refractivity contribution in [2.75, 3.05) is 25.5 Å². The summed E-state index contributed by atoms with van der Waals surface area (Å²) in [5, 5.41) is 3.42. The minimum atomic E-state index is 0.822. The largest absolute Gasteiger partial charge is 0.370 e. The van der Waals surface area contributed by atoms with E-state index in [9.17, 15) is 0 Å². The van der Waals surface area contributed by atoms with Crippen molar-refractivity contribution in [3.05, 3.63) is 17.6 Å². The Hall–Kier alpha value is -1.16. The first-order chi connectivity index (χ1) is 9.18. The lowest BCUT2D eigenvalue weighted by atomic mass is 10.2. The maximum absolute atomic E-state index is 4.30. The number of aryl methyl sites for hydroxylation is 1. The average molecular weight is 262 g/mol. The lowest BCUT2D eigenvalue weighted by molar-refractivity contribution is 0.245. The highest BCUT2D eigenvalue weighted by Crippen LogP contribution is 2.22. The lowest BCUT2D eigenvalue weighted by Gasteiger charge is -2.23. The van der Waals surface area contributed by atoms with Gasteiger partial charge in [0.25, 0.3) is 0 Å². The molecule has 0 amide bonds. The third-order valence-electron chi connectivity index (χ3n) is 4.26. The number of hydrogen-bond donors (Lipinski definition) is 1. The Bertz CT molecular complexity index is 399. The first kappa shape index (κ1) is 14.3. The van der Waals surface area contributed by atoms with Crippen LogP contribution >= 0.6 is 0 Å². The molecule has 0 unspecified atom stereocenters. The van der Waals surface area contributed by atoms with E-state index in [2.05, 4.69) is 34.2 Å². The summed E-state index contributed by atoms with van der Waals surface area (Å²) >= 11 is 0. The van der Waals surface area contributed by atoms with Gasteiger partial charge in [-0.15, -0.1) is 0 Å². The molecule has 1 aromatic heterocycles. The molecule has 0 atom stereocenters. The van der Waals surface area contributed by atoms with Crippen LogP contribution < -0.4 is 5.32 Å². The van der Waals surface area contributed by atoms with Crippen molar-refractivity contribution in [2.45, 2.75) is 52.0 Å². The zero-order valence-corrected chi connectivity index (χ0v) is 12.4. The second-order valence-corrected chi connectivity index (χ2v) is 5.63. The fraction of sp³-hybridized carbons (Fsp3) is 0.733. The molecule has 19 heavy (non-hydrogen) atoms. The number of nitrogens with one attached hydrogen (secondary N) is 1. The molecule has 0 spiro atoms. The summed E-state index contributed by atoms with van der Waals surface area (Å²) in [5.41, 5.74) is 2.22. The molecule has 0 aromatic carbocycles. The van der Waals surface area contributed by atoms with Crippen molar-refractivity contribution in [3.8, 4) is 0 Å². The van der Waals surface area contributed by atoms with Gasteiger partial charge in [0.05, 0.1) is 0 Å². The smallest absolute Gasteiger partial charge is 0.132 e. The summed E-state index contributed by atoms with van der Waals surface area (Å²) in [7, 11) is 2.26. The van der Waals surface area contributed by atoms with Crippen molar-refractivity contribution in [1.29, 1.82) is 0 Å². The van der Waals surface area contributed by atoms with Gasteiger partial charge in [0.2, 0.25) is 0 Å². The fourth-order valence-electron chi connectivity index (χ4n) is 2.78. The highest BCUT2D eigenvalue weighted by Gasteiger charge is 2.18. The van der Waals surface area contributed by atoms with Crippen LogP contribution in [0.3, 0.4) is 0 Å². The number of nitrogens with zero attached hydrogens (tertiary/aromatic N) is 3. The molecule has 4 nitrogen and oxygen atoms in total. The van der Waals surface area contributed by atoms with E-state index in [1.165, 1.54) is 32.2 Å². The maximum atomic E-state index is 4.30. The first-order valence-corrected chi connectivity index (χ1v) is 7.41. The van der Waals surface area contributed by atoms with E-state index in [0.29, 0.717) is 0 Å². The molecule has 1 aliphatic carbocycles. The van der Waals surface area contributed by atoms with Crippen LogP contribution in [-0.4, -0.2) is 41.0 Å². The molecule has 0 aliphatic heterocycles. The summed E-state index contributed by atoms with van der Waals surface area (Å²) in [4.78, 5) is 11.0. The van der Waals surface area contributed by atoms with Gasteiger partial charge in [0.1, 0.15) is 12.1 Å². The van der Waals surface area contributed by atoms with E-state index in [0.717, 1.165) is 36.1 Å². The van der Waals surface area contributed by atoms with Gasteiger partial charge in [-0.1, -0.05) is 12.8 Å². The second-order valence-electron chi connectivity index (χ2n) is 5.63. The summed E-state index contributed by atoms with van der Waals surface area (Å²) in [6.45, 7) is 6.24. The van der Waals surface area contributed by atoms with Crippen LogP contribution in [0.2, 0.25) is 0 Å². The Morgan fingerprint density at radius 2 is 2.00 bits per heavy atom. The first-order valence-electron chi connectivity index (χ1n) is 7.41. The standard InChI is InChI=1S/C15H26N4/c1-12-13(2)17-11-18-15(12)16-9-6-10-19(3)14-7-4-5-8-14/h11,14H,4-10H2,1-3H3,(H,16,17,18). The van der Waals surface area contributed by atoms with Crippen molar-refractivity contribution in [1.82, 2.24) is 14.9 Å². The predicted octanol–water partition coefficient (Wildman–Crippen LogP) is 2.77. The molecule has 1 heterocycles. The van der Waals surface area contributed by atoms with E-state index >= 15 is 0 Å². The van der Waals surface area contributed by atoms with Gasteiger partial charge in [-0.05, 0) is 46.7 Å². The van der Waals surface area contributed by atoms with Crippen molar-refractivity contribution in [3.63, 3.8) is 0 Å². The van der Waals surface area contributed by atoms with Crippen LogP contribution in [0.25, 0.3) is 0 Å². The van der Waals surface area contributed by atoms with E-state index in [1.54, 1.807) is 6.33 Å². The molecule has 2 rings (SSSR count). The van der Waals surface area contributed by atoms with Crippen LogP contribution in [-0.2, 0) is 0 Å². The zero-order valence-electron chi connectivity index (χ0n) is 12.4. The third-order valence-corrected chi connectivity index (χ3v) is 4.26. The summed E-state index contributed by atoms with van der Waals surface area (Å²) in [6, 6.07) is 0.822. The number of hydrogen-bond acceptors (Lipinski definition) is 4. The van der Waals surface area contributed by atoms with Gasteiger partial charge in [-0.2, -0.15) is 0 Å². The average Bonchev–Trinajstić information content (AvgIpc) is 2.93. The van der Waals surface area contributed by atoms with Gasteiger partial charge in [-0.25, -0.2) is 9.97 Å². The Morgan fingerprint density at radius 3 is 2.74 bits per heavy atom. The minimum Gasteiger partial charge on any atom is -0.370 e. The normalized spacial score (nSPS) is 16.2. The third kappa shape index (κ3) is 3.90. The molecule has 1 fully saturated rings. The molecule has 0 radical (unpaired) electrons.